The maximum Gasteiger partial charge on any atom is 0.228 e. The van der Waals surface area contributed by atoms with Crippen LogP contribution in [0.1, 0.15) is 35.7 Å². The summed E-state index contributed by atoms with van der Waals surface area (Å²) in [4.78, 5) is 31.1. The average Bonchev–Trinajstić information content (AvgIpc) is 3.29. The Bertz CT molecular complexity index is 1020. The lowest BCUT2D eigenvalue weighted by Gasteiger charge is -2.32. The molecular weight excluding hydrogens is 394 g/mol. The van der Waals surface area contributed by atoms with Gasteiger partial charge in [-0.15, -0.1) is 11.3 Å². The summed E-state index contributed by atoms with van der Waals surface area (Å²) in [5.74, 6) is 0.111. The first-order chi connectivity index (χ1) is 14.6. The molecule has 1 aliphatic rings. The minimum Gasteiger partial charge on any atom is -0.326 e. The normalized spacial score (nSPS) is 16.9. The summed E-state index contributed by atoms with van der Waals surface area (Å²) in [5.41, 5.74) is 6.48. The van der Waals surface area contributed by atoms with Gasteiger partial charge in [0.1, 0.15) is 0 Å². The highest BCUT2D eigenvalue weighted by molar-refractivity contribution is 7.07. The number of hydrogen-bond acceptors (Lipinski definition) is 5. The number of benzene rings is 2. The molecule has 1 N–H and O–H groups in total. The van der Waals surface area contributed by atoms with Crippen molar-refractivity contribution in [3.05, 3.63) is 70.5 Å². The van der Waals surface area contributed by atoms with Crippen molar-refractivity contribution in [2.45, 2.75) is 26.3 Å². The first-order valence-corrected chi connectivity index (χ1v) is 11.1. The Hall–Kier alpha value is -2.83. The molecule has 1 saturated heterocycles. The highest BCUT2D eigenvalue weighted by Crippen LogP contribution is 2.23. The Morgan fingerprint density at radius 3 is 2.77 bits per heavy atom. The Kier molecular flexibility index (Phi) is 6.35. The van der Waals surface area contributed by atoms with Crippen LogP contribution in [-0.4, -0.2) is 34.7 Å². The summed E-state index contributed by atoms with van der Waals surface area (Å²) in [6.07, 6.45) is 1.89. The van der Waals surface area contributed by atoms with Crippen LogP contribution < -0.4 is 5.32 Å². The zero-order valence-corrected chi connectivity index (χ0v) is 17.8. The van der Waals surface area contributed by atoms with Crippen LogP contribution >= 0.6 is 11.3 Å². The lowest BCUT2D eigenvalue weighted by atomic mass is 9.96. The number of nitrogens with one attached hydrogen (secondary N) is 1. The lowest BCUT2D eigenvalue weighted by Crippen LogP contribution is -2.40. The van der Waals surface area contributed by atoms with Gasteiger partial charge in [0, 0.05) is 35.3 Å². The second kappa shape index (κ2) is 9.32. The number of thiazole rings is 1. The Morgan fingerprint density at radius 2 is 2.03 bits per heavy atom. The van der Waals surface area contributed by atoms with Crippen LogP contribution in [0, 0.1) is 5.92 Å². The van der Waals surface area contributed by atoms with E-state index in [1.54, 1.807) is 18.3 Å². The standard InChI is InChI=1S/C24H25N3O2S/c1-17(28)20-5-2-4-18(12-20)13-27-11-3-6-21(14-27)24(29)26-22-9-7-19(8-10-22)23-15-30-16-25-23/h2,4-5,7-10,12,15-16,21H,3,6,11,13-14H2,1H3,(H,26,29). The number of Topliss-reactive ketones (excluding diaryl/α,β-unsaturated/α-hetero) is 1. The number of piperidine rings is 1. The molecule has 0 bridgehead atoms. The van der Waals surface area contributed by atoms with Crippen molar-refractivity contribution in [1.82, 2.24) is 9.88 Å². The van der Waals surface area contributed by atoms with Crippen LogP contribution in [0.2, 0.25) is 0 Å². The summed E-state index contributed by atoms with van der Waals surface area (Å²) in [6.45, 7) is 4.04. The molecule has 0 aliphatic carbocycles. The van der Waals surface area contributed by atoms with E-state index in [0.29, 0.717) is 0 Å². The van der Waals surface area contributed by atoms with Gasteiger partial charge in [-0.2, -0.15) is 0 Å². The third-order valence-electron chi connectivity index (χ3n) is 5.50. The van der Waals surface area contributed by atoms with E-state index in [1.807, 2.05) is 59.4 Å². The molecular formula is C24H25N3O2S. The molecule has 1 unspecified atom stereocenters. The van der Waals surface area contributed by atoms with E-state index in [9.17, 15) is 9.59 Å². The van der Waals surface area contributed by atoms with Gasteiger partial charge < -0.3 is 5.32 Å². The van der Waals surface area contributed by atoms with Gasteiger partial charge in [0.05, 0.1) is 17.1 Å². The van der Waals surface area contributed by atoms with Crippen LogP contribution in [0.4, 0.5) is 5.69 Å². The highest BCUT2D eigenvalue weighted by atomic mass is 32.1. The Labute approximate surface area is 180 Å². The van der Waals surface area contributed by atoms with Gasteiger partial charge in [-0.1, -0.05) is 30.3 Å². The molecule has 2 aromatic carbocycles. The fraction of sp³-hybridized carbons (Fsp3) is 0.292. The number of aromatic nitrogens is 1. The molecule has 0 radical (unpaired) electrons. The molecule has 0 saturated carbocycles. The predicted molar refractivity (Wildman–Crippen MR) is 121 cm³/mol. The van der Waals surface area contributed by atoms with Gasteiger partial charge >= 0.3 is 0 Å². The van der Waals surface area contributed by atoms with E-state index in [0.717, 1.165) is 60.5 Å². The van der Waals surface area contributed by atoms with E-state index < -0.39 is 0 Å². The second-order valence-corrected chi connectivity index (χ2v) is 8.49. The van der Waals surface area contributed by atoms with Crippen molar-refractivity contribution in [2.24, 2.45) is 5.92 Å². The van der Waals surface area contributed by atoms with E-state index in [4.69, 9.17) is 0 Å². The number of hydrogen-bond donors (Lipinski definition) is 1. The molecule has 1 amide bonds. The van der Waals surface area contributed by atoms with Crippen molar-refractivity contribution in [3.63, 3.8) is 0 Å². The molecule has 3 aromatic rings. The van der Waals surface area contributed by atoms with Gasteiger partial charge in [-0.25, -0.2) is 4.98 Å². The van der Waals surface area contributed by atoms with Crippen molar-refractivity contribution in [3.8, 4) is 11.3 Å². The number of nitrogens with zero attached hydrogens (tertiary/aromatic N) is 2. The molecule has 1 aromatic heterocycles. The van der Waals surface area contributed by atoms with Crippen molar-refractivity contribution in [1.29, 1.82) is 0 Å². The lowest BCUT2D eigenvalue weighted by molar-refractivity contribution is -0.121. The summed E-state index contributed by atoms with van der Waals surface area (Å²) in [5, 5.41) is 5.07. The van der Waals surface area contributed by atoms with Crippen molar-refractivity contribution in [2.75, 3.05) is 18.4 Å². The third kappa shape index (κ3) is 5.01. The molecule has 4 rings (SSSR count). The van der Waals surface area contributed by atoms with Gasteiger partial charge in [-0.05, 0) is 50.1 Å². The summed E-state index contributed by atoms with van der Waals surface area (Å²) >= 11 is 1.57. The fourth-order valence-corrected chi connectivity index (χ4v) is 4.44. The van der Waals surface area contributed by atoms with E-state index in [1.165, 1.54) is 0 Å². The number of amides is 1. The van der Waals surface area contributed by atoms with Gasteiger partial charge in [0.25, 0.3) is 0 Å². The molecule has 1 atom stereocenters. The minimum atomic E-state index is -0.0343. The van der Waals surface area contributed by atoms with Crippen molar-refractivity contribution < 1.29 is 9.59 Å². The molecule has 30 heavy (non-hydrogen) atoms. The van der Waals surface area contributed by atoms with Crippen LogP contribution in [-0.2, 0) is 11.3 Å². The molecule has 2 heterocycles. The topological polar surface area (TPSA) is 62.3 Å². The zero-order valence-electron chi connectivity index (χ0n) is 17.0. The number of anilines is 1. The molecule has 1 aliphatic heterocycles. The Morgan fingerprint density at radius 1 is 1.20 bits per heavy atom. The third-order valence-corrected chi connectivity index (χ3v) is 6.08. The fourth-order valence-electron chi connectivity index (χ4n) is 3.88. The number of carbonyl (C=O) groups excluding carboxylic acids is 2. The second-order valence-electron chi connectivity index (χ2n) is 7.77. The van der Waals surface area contributed by atoms with Gasteiger partial charge in [0.2, 0.25) is 5.91 Å². The van der Waals surface area contributed by atoms with Crippen LogP contribution in [0.25, 0.3) is 11.3 Å². The number of likely N-dealkylation sites (tertiary alicyclic amines) is 1. The first kappa shape index (κ1) is 20.4. The van der Waals surface area contributed by atoms with Crippen LogP contribution in [0.15, 0.2) is 59.4 Å². The average molecular weight is 420 g/mol. The smallest absolute Gasteiger partial charge is 0.228 e. The van der Waals surface area contributed by atoms with Crippen LogP contribution in [0.5, 0.6) is 0 Å². The van der Waals surface area contributed by atoms with Gasteiger partial charge in [0.15, 0.2) is 5.78 Å². The minimum absolute atomic E-state index is 0.0343. The summed E-state index contributed by atoms with van der Waals surface area (Å²) < 4.78 is 0. The maximum atomic E-state index is 12.8. The van der Waals surface area contributed by atoms with Gasteiger partial charge in [-0.3, -0.25) is 14.5 Å². The quantitative estimate of drug-likeness (QED) is 0.580. The van der Waals surface area contributed by atoms with Crippen LogP contribution in [0.3, 0.4) is 0 Å². The number of carbonyl (C=O) groups is 2. The molecule has 5 nitrogen and oxygen atoms in total. The highest BCUT2D eigenvalue weighted by Gasteiger charge is 2.26. The summed E-state index contributed by atoms with van der Waals surface area (Å²) in [6, 6.07) is 15.6. The largest absolute Gasteiger partial charge is 0.326 e. The predicted octanol–water partition coefficient (Wildman–Crippen LogP) is 4.86. The molecule has 1 fully saturated rings. The number of rotatable bonds is 6. The van der Waals surface area contributed by atoms with Crippen molar-refractivity contribution >= 4 is 28.7 Å². The summed E-state index contributed by atoms with van der Waals surface area (Å²) in [7, 11) is 0. The molecule has 0 spiro atoms. The van der Waals surface area contributed by atoms with E-state index >= 15 is 0 Å². The molecule has 6 heteroatoms. The Balaban J connectivity index is 1.35. The molecule has 154 valence electrons. The first-order valence-electron chi connectivity index (χ1n) is 10.2. The van der Waals surface area contributed by atoms with E-state index in [-0.39, 0.29) is 17.6 Å². The maximum absolute atomic E-state index is 12.8. The monoisotopic (exact) mass is 419 g/mol. The van der Waals surface area contributed by atoms with E-state index in [2.05, 4.69) is 15.2 Å². The SMILES string of the molecule is CC(=O)c1cccc(CN2CCCC(C(=O)Nc3ccc(-c4cscn4)cc3)C2)c1. The number of ketones is 1. The zero-order chi connectivity index (χ0) is 20.9.